The molecule has 3 aromatic carbocycles. The Hall–Kier alpha value is -11.0. The molecule has 86 heavy (non-hydrogen) atoms. The highest BCUT2D eigenvalue weighted by molar-refractivity contribution is 7.21. The molecule has 0 saturated heterocycles. The highest BCUT2D eigenvalue weighted by atomic mass is 32.1. The minimum Gasteiger partial charge on any atom is -0.474 e. The zero-order valence-electron chi connectivity index (χ0n) is 47.5. The summed E-state index contributed by atoms with van der Waals surface area (Å²) in [5.74, 6) is 3.29. The van der Waals surface area contributed by atoms with Crippen LogP contribution < -0.4 is 4.74 Å². The molecular formula is C69H59N13O3S. The molecule has 0 bridgehead atoms. The lowest BCUT2D eigenvalue weighted by Crippen LogP contribution is -2.21. The second-order valence-electron chi connectivity index (χ2n) is 19.0. The number of benzene rings is 3. The molecule has 17 heteroatoms. The van der Waals surface area contributed by atoms with Crippen molar-refractivity contribution >= 4 is 49.6 Å². The molecule has 0 fully saturated rings. The van der Waals surface area contributed by atoms with E-state index in [4.69, 9.17) is 13.9 Å². The number of para-hydroxylation sites is 5. The molecule has 16 nitrogen and oxygen atoms in total. The van der Waals surface area contributed by atoms with Crippen LogP contribution in [0.25, 0.3) is 66.2 Å². The maximum atomic E-state index is 5.58. The van der Waals surface area contributed by atoms with E-state index in [9.17, 15) is 0 Å². The average molecular weight is 1150 g/mol. The van der Waals surface area contributed by atoms with Crippen LogP contribution in [0.3, 0.4) is 0 Å². The number of aromatic nitrogens is 12. The van der Waals surface area contributed by atoms with Crippen LogP contribution in [0, 0.1) is 0 Å². The lowest BCUT2D eigenvalue weighted by Gasteiger charge is -2.23. The Labute approximate surface area is 501 Å². The molecule has 11 aromatic heterocycles. The van der Waals surface area contributed by atoms with Crippen molar-refractivity contribution < 1.29 is 13.9 Å². The van der Waals surface area contributed by atoms with E-state index in [1.54, 1.807) is 60.7 Å². The van der Waals surface area contributed by atoms with Crippen molar-refractivity contribution in [3.05, 3.63) is 285 Å². The number of aliphatic imine (C=N–C) groups is 1. The Kier molecular flexibility index (Phi) is 20.1. The molecule has 14 aromatic rings. The summed E-state index contributed by atoms with van der Waals surface area (Å²) in [5, 5.41) is 0.983. The molecule has 0 amide bonds. The lowest BCUT2D eigenvalue weighted by molar-refractivity contribution is 0.347. The fraction of sp³-hybridized carbons (Fsp3) is 0.101. The number of fused-ring (bicyclic) bond motifs is 3. The maximum Gasteiger partial charge on any atom is 0.246 e. The van der Waals surface area contributed by atoms with Gasteiger partial charge in [-0.1, -0.05) is 84.9 Å². The molecule has 0 atom stereocenters. The second-order valence-corrected chi connectivity index (χ2v) is 20.1. The minimum atomic E-state index is -0.136. The van der Waals surface area contributed by atoms with Gasteiger partial charge < -0.3 is 18.5 Å². The van der Waals surface area contributed by atoms with E-state index in [0.717, 1.165) is 85.7 Å². The van der Waals surface area contributed by atoms with Crippen LogP contribution >= 0.6 is 11.3 Å². The van der Waals surface area contributed by atoms with E-state index >= 15 is 0 Å². The van der Waals surface area contributed by atoms with Gasteiger partial charge >= 0.3 is 0 Å². The van der Waals surface area contributed by atoms with E-state index in [2.05, 4.69) is 97.3 Å². The highest BCUT2D eigenvalue weighted by Crippen LogP contribution is 2.30. The number of hydrogen-bond donors (Lipinski definition) is 0. The van der Waals surface area contributed by atoms with Crippen LogP contribution in [0.1, 0.15) is 37.9 Å². The van der Waals surface area contributed by atoms with Gasteiger partial charge in [0.05, 0.1) is 44.9 Å². The number of thiazole rings is 1. The van der Waals surface area contributed by atoms with Crippen molar-refractivity contribution in [1.82, 2.24) is 59.4 Å². The topological polar surface area (TPSA) is 191 Å². The largest absolute Gasteiger partial charge is 0.474 e. The predicted molar refractivity (Wildman–Crippen MR) is 339 cm³/mol. The fourth-order valence-electron chi connectivity index (χ4n) is 8.53. The quantitative estimate of drug-likeness (QED) is 0.133. The SMILES string of the molecule is CC(C)(c1ccccn1)c1ccccn1.CCn1c(-c2ccccn2)nc2ccccc21.c1ccc(-c2nc3ccccc3o2)nc1.c1ccc(-c2nc3ccccc3s2)nc1.c1ccc(C2=NCCO2)nc1.c1ccc(Oc2ccccn2)nc1. The number of imidazole rings is 1. The number of oxazole rings is 1. The van der Waals surface area contributed by atoms with Gasteiger partial charge in [0.25, 0.3) is 0 Å². The molecule has 0 radical (unpaired) electrons. The van der Waals surface area contributed by atoms with Gasteiger partial charge in [0, 0.05) is 73.7 Å². The van der Waals surface area contributed by atoms with Crippen LogP contribution in [0.15, 0.2) is 277 Å². The van der Waals surface area contributed by atoms with Crippen molar-refractivity contribution in [2.75, 3.05) is 13.2 Å². The third kappa shape index (κ3) is 15.7. The number of nitrogens with zero attached hydrogens (tertiary/aromatic N) is 13. The highest BCUT2D eigenvalue weighted by Gasteiger charge is 2.25. The molecule has 1 aliphatic heterocycles. The summed E-state index contributed by atoms with van der Waals surface area (Å²) < 4.78 is 19.6. The van der Waals surface area contributed by atoms with E-state index in [1.165, 1.54) is 4.70 Å². The molecule has 12 heterocycles. The van der Waals surface area contributed by atoms with Gasteiger partial charge in [-0.2, -0.15) is 0 Å². The van der Waals surface area contributed by atoms with Crippen molar-refractivity contribution in [2.24, 2.45) is 4.99 Å². The number of hydrogen-bond acceptors (Lipinski definition) is 16. The molecule has 0 saturated carbocycles. The fourth-order valence-corrected chi connectivity index (χ4v) is 9.47. The number of pyridine rings is 8. The first-order chi connectivity index (χ1) is 42.4. The van der Waals surface area contributed by atoms with Gasteiger partial charge in [-0.15, -0.1) is 11.3 Å². The van der Waals surface area contributed by atoms with Crippen LogP contribution in [-0.2, 0) is 16.7 Å². The number of aryl methyl sites for hydroxylation is 1. The molecule has 0 spiro atoms. The van der Waals surface area contributed by atoms with Crippen molar-refractivity contribution in [3.63, 3.8) is 0 Å². The third-order valence-corrected chi connectivity index (χ3v) is 13.8. The number of rotatable bonds is 9. The summed E-state index contributed by atoms with van der Waals surface area (Å²) in [6, 6.07) is 70.1. The molecule has 15 rings (SSSR count). The van der Waals surface area contributed by atoms with Gasteiger partial charge in [-0.3, -0.25) is 29.9 Å². The molecule has 0 aliphatic carbocycles. The summed E-state index contributed by atoms with van der Waals surface area (Å²) in [5.41, 5.74) is 10.3. The van der Waals surface area contributed by atoms with Crippen molar-refractivity contribution in [3.8, 4) is 45.6 Å². The average Bonchev–Trinajstić information content (AvgIpc) is 3.39. The van der Waals surface area contributed by atoms with E-state index in [0.29, 0.717) is 30.2 Å². The summed E-state index contributed by atoms with van der Waals surface area (Å²) in [6.07, 6.45) is 14.1. The zero-order valence-corrected chi connectivity index (χ0v) is 48.3. The number of ether oxygens (including phenoxy) is 2. The summed E-state index contributed by atoms with van der Waals surface area (Å²) in [7, 11) is 0. The smallest absolute Gasteiger partial charge is 0.246 e. The molecule has 0 unspecified atom stereocenters. The Morgan fingerprint density at radius 1 is 0.453 bits per heavy atom. The minimum absolute atomic E-state index is 0.136. The van der Waals surface area contributed by atoms with Gasteiger partial charge in [0.15, 0.2) is 11.4 Å². The Morgan fingerprint density at radius 3 is 1.45 bits per heavy atom. The Bertz CT molecular complexity index is 4040. The van der Waals surface area contributed by atoms with Gasteiger partial charge in [-0.25, -0.2) is 29.9 Å². The predicted octanol–water partition coefficient (Wildman–Crippen LogP) is 15.3. The van der Waals surface area contributed by atoms with Crippen LogP contribution in [-0.4, -0.2) is 78.4 Å². The standard InChI is InChI=1S/C14H13N3.C13H14N2.C12H8N2O.C12H8N2S.C10H8N2O.C8H8N2O/c1-2-17-13-9-4-3-7-11(13)16-14(17)12-8-5-6-10-15-12;1-13(2,11-7-3-5-9-14-11)12-8-4-6-10-15-12;2*1-2-7-11-9(5-1)14-12(15-11)10-6-3-4-8-13-10;1-3-7-11-9(5-1)13-10-6-2-4-8-12-10;1-2-4-9-7(3-1)8-10-5-6-11-8/h3-10H,2H2,1H3;3-10H,1-2H3;2*1-8H;1-8H;1-4H,5-6H2. The van der Waals surface area contributed by atoms with Gasteiger partial charge in [0.2, 0.25) is 23.5 Å². The lowest BCUT2D eigenvalue weighted by atomic mass is 9.85. The van der Waals surface area contributed by atoms with Crippen LogP contribution in [0.4, 0.5) is 0 Å². The van der Waals surface area contributed by atoms with Crippen molar-refractivity contribution in [2.45, 2.75) is 32.7 Å². The second kappa shape index (κ2) is 29.8. The van der Waals surface area contributed by atoms with Crippen LogP contribution in [0.2, 0.25) is 0 Å². The zero-order chi connectivity index (χ0) is 59.0. The van der Waals surface area contributed by atoms with Gasteiger partial charge in [-0.05, 0) is 142 Å². The van der Waals surface area contributed by atoms with E-state index < -0.39 is 0 Å². The summed E-state index contributed by atoms with van der Waals surface area (Å²) in [6.45, 7) is 8.74. The van der Waals surface area contributed by atoms with Crippen LogP contribution in [0.5, 0.6) is 11.8 Å². The monoisotopic (exact) mass is 1150 g/mol. The molecule has 1 aliphatic rings. The first-order valence-corrected chi connectivity index (χ1v) is 28.5. The van der Waals surface area contributed by atoms with Crippen molar-refractivity contribution in [1.29, 1.82) is 0 Å². The molecule has 0 N–H and O–H groups in total. The third-order valence-electron chi connectivity index (χ3n) is 12.8. The Balaban J connectivity index is 0.000000115. The normalized spacial score (nSPS) is 11.3. The van der Waals surface area contributed by atoms with E-state index in [1.807, 2.05) is 207 Å². The first kappa shape index (κ1) is 58.2. The van der Waals surface area contributed by atoms with Gasteiger partial charge in [0.1, 0.15) is 34.2 Å². The first-order valence-electron chi connectivity index (χ1n) is 27.7. The summed E-state index contributed by atoms with van der Waals surface area (Å²) in [4.78, 5) is 51.4. The molecule has 424 valence electrons. The summed E-state index contributed by atoms with van der Waals surface area (Å²) >= 11 is 1.68. The maximum absolute atomic E-state index is 5.58. The Morgan fingerprint density at radius 2 is 0.942 bits per heavy atom. The molecular weight excluding hydrogens is 1090 g/mol. The van der Waals surface area contributed by atoms with E-state index in [-0.39, 0.29) is 5.41 Å².